The number of aromatic amines is 1. The average Bonchev–Trinajstić information content (AvgIpc) is 3.04. The number of anilines is 1. The average molecular weight is 366 g/mol. The van der Waals surface area contributed by atoms with E-state index in [4.69, 9.17) is 0 Å². The lowest BCUT2D eigenvalue weighted by Crippen LogP contribution is -2.36. The molecule has 4 nitrogen and oxygen atoms in total. The van der Waals surface area contributed by atoms with E-state index >= 15 is 0 Å². The molecular formula is C23H31N3O. The number of rotatable bonds is 11. The lowest BCUT2D eigenvalue weighted by molar-refractivity contribution is -0.657. The summed E-state index contributed by atoms with van der Waals surface area (Å²) in [4.78, 5) is 3.47. The van der Waals surface area contributed by atoms with Crippen molar-refractivity contribution in [3.8, 4) is 5.75 Å². The number of imidazole rings is 1. The molecule has 2 N–H and O–H groups in total. The number of H-pyrrole nitrogens is 1. The molecule has 0 aliphatic carbocycles. The number of fused-ring (bicyclic) bond motifs is 1. The molecule has 0 saturated carbocycles. The topological polar surface area (TPSA) is 54.8 Å². The second kappa shape index (κ2) is 10.0. The molecule has 0 aliphatic rings. The van der Waals surface area contributed by atoms with Crippen molar-refractivity contribution in [2.75, 3.05) is 5.32 Å². The minimum absolute atomic E-state index is 0.0831. The van der Waals surface area contributed by atoms with E-state index in [2.05, 4.69) is 40.0 Å². The molecule has 0 bridgehead atoms. The Balaban J connectivity index is 1.64. The number of nitrogens with zero attached hydrogens (tertiary/aromatic N) is 1. The van der Waals surface area contributed by atoms with E-state index in [0.717, 1.165) is 23.6 Å². The van der Waals surface area contributed by atoms with Crippen molar-refractivity contribution >= 4 is 17.0 Å². The molecule has 27 heavy (non-hydrogen) atoms. The van der Waals surface area contributed by atoms with E-state index in [0.29, 0.717) is 6.54 Å². The zero-order valence-corrected chi connectivity index (χ0v) is 16.3. The van der Waals surface area contributed by atoms with Gasteiger partial charge in [-0.3, -0.25) is 5.32 Å². The van der Waals surface area contributed by atoms with Gasteiger partial charge in [-0.25, -0.2) is 9.55 Å². The van der Waals surface area contributed by atoms with Crippen molar-refractivity contribution < 1.29 is 9.67 Å². The van der Waals surface area contributed by atoms with Gasteiger partial charge in [0, 0.05) is 0 Å². The van der Waals surface area contributed by atoms with Crippen molar-refractivity contribution in [1.82, 2.24) is 4.98 Å². The van der Waals surface area contributed by atoms with Gasteiger partial charge in [-0.05, 0) is 24.1 Å². The Labute approximate surface area is 162 Å². The third-order valence-corrected chi connectivity index (χ3v) is 5.12. The summed E-state index contributed by atoms with van der Waals surface area (Å²) in [6.07, 6.45) is 9.11. The number of nitrogens with one attached hydrogen (secondary N) is 2. The molecule has 144 valence electrons. The highest BCUT2D eigenvalue weighted by Crippen LogP contribution is 2.17. The number of unbranched alkanes of at least 4 members (excludes halogenated alkanes) is 6. The van der Waals surface area contributed by atoms with Gasteiger partial charge in [0.05, 0.1) is 13.1 Å². The number of hydrogen-bond donors (Lipinski definition) is 2. The third kappa shape index (κ3) is 5.25. The number of benzene rings is 2. The number of aromatic nitrogens is 2. The molecule has 1 heterocycles. The zero-order valence-electron chi connectivity index (χ0n) is 16.3. The first-order valence-corrected chi connectivity index (χ1v) is 10.3. The lowest BCUT2D eigenvalue weighted by atomic mass is 10.1. The minimum atomic E-state index is 0.0831. The number of aryl methyl sites for hydroxylation is 1. The Morgan fingerprint density at radius 1 is 0.889 bits per heavy atom. The van der Waals surface area contributed by atoms with Gasteiger partial charge in [-0.2, -0.15) is 0 Å². The molecule has 3 rings (SSSR count). The van der Waals surface area contributed by atoms with E-state index in [1.807, 2.05) is 18.2 Å². The maximum Gasteiger partial charge on any atom is 0.356 e. The van der Waals surface area contributed by atoms with Crippen molar-refractivity contribution in [1.29, 1.82) is 0 Å². The Bertz CT molecular complexity index is 841. The van der Waals surface area contributed by atoms with Crippen LogP contribution in [0.4, 0.5) is 5.95 Å². The highest BCUT2D eigenvalue weighted by molar-refractivity contribution is 5.72. The normalized spacial score (nSPS) is 11.1. The van der Waals surface area contributed by atoms with Crippen molar-refractivity contribution in [2.45, 2.75) is 65.0 Å². The minimum Gasteiger partial charge on any atom is -0.872 e. The summed E-state index contributed by atoms with van der Waals surface area (Å²) in [5, 5.41) is 15.4. The van der Waals surface area contributed by atoms with Gasteiger partial charge in [-0.1, -0.05) is 81.8 Å². The Hall–Kier alpha value is -2.49. The molecule has 0 radical (unpaired) electrons. The van der Waals surface area contributed by atoms with Crippen LogP contribution in [0.3, 0.4) is 0 Å². The maximum atomic E-state index is 12.0. The standard InChI is InChI=1S/C23H31N3O/c1-2-3-4-5-6-7-12-17-26-21-15-10-9-14-20(21)25-23(26)24-18-19-13-8-11-16-22(19)27/h8-11,13-16H,2-7,12,17-18H2,1H3,(H2,24,25,27). The summed E-state index contributed by atoms with van der Waals surface area (Å²) in [6.45, 7) is 3.77. The van der Waals surface area contributed by atoms with Gasteiger partial charge in [-0.15, -0.1) is 5.75 Å². The molecule has 0 saturated heterocycles. The van der Waals surface area contributed by atoms with Crippen LogP contribution in [0.25, 0.3) is 11.0 Å². The monoisotopic (exact) mass is 365 g/mol. The zero-order chi connectivity index (χ0) is 18.9. The summed E-state index contributed by atoms with van der Waals surface area (Å²) in [6, 6.07) is 15.6. The molecule has 0 unspecified atom stereocenters. The van der Waals surface area contributed by atoms with Gasteiger partial charge in [0.2, 0.25) is 0 Å². The Kier molecular flexibility index (Phi) is 7.14. The summed E-state index contributed by atoms with van der Waals surface area (Å²) in [5.74, 6) is 1.06. The van der Waals surface area contributed by atoms with E-state index in [9.17, 15) is 5.11 Å². The fourth-order valence-corrected chi connectivity index (χ4v) is 3.56. The smallest absolute Gasteiger partial charge is 0.356 e. The SMILES string of the molecule is CCCCCCCCC[n+]1c(NCc2ccccc2[O-])[nH]c2ccccc21. The highest BCUT2D eigenvalue weighted by Gasteiger charge is 2.16. The van der Waals surface area contributed by atoms with Crippen LogP contribution in [0.15, 0.2) is 48.5 Å². The molecule has 0 spiro atoms. The van der Waals surface area contributed by atoms with Crippen LogP contribution < -0.4 is 15.0 Å². The Morgan fingerprint density at radius 3 is 2.41 bits per heavy atom. The van der Waals surface area contributed by atoms with Gasteiger partial charge in [0.15, 0.2) is 0 Å². The highest BCUT2D eigenvalue weighted by atomic mass is 16.3. The van der Waals surface area contributed by atoms with Crippen LogP contribution in [0, 0.1) is 0 Å². The Morgan fingerprint density at radius 2 is 1.59 bits per heavy atom. The fourth-order valence-electron chi connectivity index (χ4n) is 3.56. The van der Waals surface area contributed by atoms with Crippen molar-refractivity contribution in [3.05, 3.63) is 54.1 Å². The maximum absolute atomic E-state index is 12.0. The van der Waals surface area contributed by atoms with Gasteiger partial charge < -0.3 is 5.11 Å². The third-order valence-electron chi connectivity index (χ3n) is 5.12. The summed E-state index contributed by atoms with van der Waals surface area (Å²) in [7, 11) is 0. The second-order valence-corrected chi connectivity index (χ2v) is 7.22. The first-order chi connectivity index (χ1) is 13.3. The first-order valence-electron chi connectivity index (χ1n) is 10.3. The lowest BCUT2D eigenvalue weighted by Gasteiger charge is -2.11. The molecular weight excluding hydrogens is 334 g/mol. The molecule has 0 fully saturated rings. The number of hydrogen-bond acceptors (Lipinski definition) is 2. The molecule has 2 aromatic carbocycles. The quantitative estimate of drug-likeness (QED) is 0.375. The van der Waals surface area contributed by atoms with Gasteiger partial charge in [0.1, 0.15) is 11.0 Å². The summed E-state index contributed by atoms with van der Waals surface area (Å²) in [5.41, 5.74) is 3.12. The van der Waals surface area contributed by atoms with E-state index in [-0.39, 0.29) is 5.75 Å². The van der Waals surface area contributed by atoms with Crippen LogP contribution in [0.1, 0.15) is 57.4 Å². The summed E-state index contributed by atoms with van der Waals surface area (Å²) >= 11 is 0. The van der Waals surface area contributed by atoms with E-state index in [1.54, 1.807) is 12.1 Å². The van der Waals surface area contributed by atoms with Gasteiger partial charge in [0.25, 0.3) is 0 Å². The van der Waals surface area contributed by atoms with Crippen LogP contribution in [0.5, 0.6) is 5.75 Å². The largest absolute Gasteiger partial charge is 0.872 e. The second-order valence-electron chi connectivity index (χ2n) is 7.22. The molecule has 0 amide bonds. The number of para-hydroxylation sites is 3. The van der Waals surface area contributed by atoms with E-state index in [1.165, 1.54) is 50.5 Å². The van der Waals surface area contributed by atoms with Crippen molar-refractivity contribution in [2.24, 2.45) is 0 Å². The molecule has 4 heteroatoms. The fraction of sp³-hybridized carbons (Fsp3) is 0.435. The van der Waals surface area contributed by atoms with Crippen LogP contribution in [0.2, 0.25) is 0 Å². The molecule has 0 aliphatic heterocycles. The predicted octanol–water partition coefficient (Wildman–Crippen LogP) is 4.89. The van der Waals surface area contributed by atoms with Crippen molar-refractivity contribution in [3.63, 3.8) is 0 Å². The van der Waals surface area contributed by atoms with Crippen LogP contribution in [-0.4, -0.2) is 4.98 Å². The molecule has 0 atom stereocenters. The molecule has 1 aromatic heterocycles. The first kappa shape index (κ1) is 19.3. The van der Waals surface area contributed by atoms with E-state index < -0.39 is 0 Å². The van der Waals surface area contributed by atoms with Gasteiger partial charge >= 0.3 is 5.95 Å². The van der Waals surface area contributed by atoms with Crippen LogP contribution in [-0.2, 0) is 13.1 Å². The van der Waals surface area contributed by atoms with Crippen LogP contribution >= 0.6 is 0 Å². The summed E-state index contributed by atoms with van der Waals surface area (Å²) < 4.78 is 2.31. The predicted molar refractivity (Wildman–Crippen MR) is 110 cm³/mol. The molecule has 3 aromatic rings.